The summed E-state index contributed by atoms with van der Waals surface area (Å²) in [6.45, 7) is 0. The van der Waals surface area contributed by atoms with Gasteiger partial charge in [0, 0.05) is 9.90 Å². The van der Waals surface area contributed by atoms with Crippen molar-refractivity contribution in [1.82, 2.24) is 0 Å². The maximum Gasteiger partial charge on any atom is 0.0302 e. The van der Waals surface area contributed by atoms with E-state index in [0.717, 1.165) is 0 Å². The van der Waals surface area contributed by atoms with Gasteiger partial charge in [-0.3, -0.25) is 0 Å². The van der Waals surface area contributed by atoms with Crippen LogP contribution in [0.25, 0.3) is 5.32 Å². The van der Waals surface area contributed by atoms with E-state index in [1.54, 1.807) is 6.34 Å². The first-order valence-electron chi connectivity index (χ1n) is 1.80. The number of rotatable bonds is 0. The lowest BCUT2D eigenvalue weighted by atomic mass is 10.7. The van der Waals surface area contributed by atoms with Crippen molar-refractivity contribution in [3.8, 4) is 0 Å². The highest BCUT2D eigenvalue weighted by molar-refractivity contribution is 9.12. The fraction of sp³-hybridized carbons (Fsp3) is 0.667. The number of nitrogens with zero attached hydrogens (tertiary/aromatic N) is 2. The van der Waals surface area contributed by atoms with Gasteiger partial charge in [-0.05, 0) is 0 Å². The van der Waals surface area contributed by atoms with E-state index >= 15 is 0 Å². The Labute approximate surface area is 58.6 Å². The van der Waals surface area contributed by atoms with Crippen LogP contribution in [-0.2, 0) is 0 Å². The Hall–Kier alpha value is 0.430. The van der Waals surface area contributed by atoms with Crippen LogP contribution in [0.3, 0.4) is 0 Å². The molecule has 0 saturated heterocycles. The van der Waals surface area contributed by atoms with E-state index in [9.17, 15) is 0 Å². The van der Waals surface area contributed by atoms with Gasteiger partial charge in [0.25, 0.3) is 0 Å². The van der Waals surface area contributed by atoms with Crippen LogP contribution >= 0.6 is 31.9 Å². The van der Waals surface area contributed by atoms with Crippen LogP contribution in [0.1, 0.15) is 0 Å². The third-order valence-corrected chi connectivity index (χ3v) is 2.83. The fourth-order valence-electron chi connectivity index (χ4n) is 0.308. The zero-order valence-electron chi connectivity index (χ0n) is 3.38. The van der Waals surface area contributed by atoms with Crippen LogP contribution in [0.2, 0.25) is 0 Å². The van der Waals surface area contributed by atoms with Crippen molar-refractivity contribution in [2.45, 2.75) is 9.90 Å². The van der Waals surface area contributed by atoms with Crippen molar-refractivity contribution in [3.05, 3.63) is 5.32 Å². The summed E-state index contributed by atoms with van der Waals surface area (Å²) in [6, 6.07) is 0. The first kappa shape index (κ1) is 5.56. The van der Waals surface area contributed by atoms with Crippen molar-refractivity contribution >= 4 is 38.2 Å². The minimum atomic E-state index is 0.146. The topological polar surface area (TPSA) is 26.5 Å². The Morgan fingerprint density at radius 1 is 1.57 bits per heavy atom. The maximum absolute atomic E-state index is 3.90. The van der Waals surface area contributed by atoms with E-state index in [0.29, 0.717) is 0 Å². The number of aliphatic imine (C=N–C) groups is 1. The van der Waals surface area contributed by atoms with Gasteiger partial charge in [-0.2, -0.15) is 0 Å². The Balaban J connectivity index is 2.45. The van der Waals surface area contributed by atoms with Gasteiger partial charge in [-0.15, -0.1) is 6.34 Å². The van der Waals surface area contributed by atoms with Gasteiger partial charge < -0.3 is 10.3 Å². The molecule has 7 heavy (non-hydrogen) atoms. The summed E-state index contributed by atoms with van der Waals surface area (Å²) in [5.74, 6) is 0. The summed E-state index contributed by atoms with van der Waals surface area (Å²) < 4.78 is 0. The first-order valence-corrected chi connectivity index (χ1v) is 3.63. The average molecular weight is 227 g/mol. The molecule has 0 saturated carbocycles. The molecule has 40 valence electrons. The maximum atomic E-state index is 3.90. The molecule has 0 aromatic heterocycles. The summed E-state index contributed by atoms with van der Waals surface area (Å²) in [5.41, 5.74) is 0. The predicted molar refractivity (Wildman–Crippen MR) is 37.3 cm³/mol. The molecule has 2 unspecified atom stereocenters. The van der Waals surface area contributed by atoms with E-state index in [2.05, 4.69) is 42.2 Å². The van der Waals surface area contributed by atoms with Crippen molar-refractivity contribution < 1.29 is 0 Å². The second-order valence-corrected chi connectivity index (χ2v) is 3.04. The zero-order valence-corrected chi connectivity index (χ0v) is 6.55. The molecule has 0 fully saturated rings. The molecule has 0 amide bonds. The number of alkyl halides is 2. The molecule has 0 bridgehead atoms. The Morgan fingerprint density at radius 3 is 2.43 bits per heavy atom. The summed E-state index contributed by atoms with van der Waals surface area (Å²) in [7, 11) is 0. The first-order chi connectivity index (χ1) is 3.30. The molecule has 1 heterocycles. The molecular weight excluding hydrogens is 224 g/mol. The molecule has 0 aromatic rings. The van der Waals surface area contributed by atoms with Crippen LogP contribution in [0.5, 0.6) is 0 Å². The summed E-state index contributed by atoms with van der Waals surface area (Å²) in [4.78, 5) is 4.19. The monoisotopic (exact) mass is 225 g/mol. The van der Waals surface area contributed by atoms with Crippen molar-refractivity contribution in [2.75, 3.05) is 0 Å². The van der Waals surface area contributed by atoms with E-state index < -0.39 is 0 Å². The van der Waals surface area contributed by atoms with Gasteiger partial charge in [-0.1, -0.05) is 31.9 Å². The molecule has 1 aliphatic rings. The smallest absolute Gasteiger partial charge is 0.0302 e. The molecule has 0 aromatic carbocycles. The molecular formula is C3H3Br2N2-. The number of hydrogen-bond acceptors (Lipinski definition) is 1. The molecule has 0 N–H and O–H groups in total. The quantitative estimate of drug-likeness (QED) is 0.445. The van der Waals surface area contributed by atoms with Gasteiger partial charge in [0.1, 0.15) is 0 Å². The number of halogens is 2. The van der Waals surface area contributed by atoms with Crippen molar-refractivity contribution in [1.29, 1.82) is 0 Å². The zero-order chi connectivity index (χ0) is 5.28. The highest BCUT2D eigenvalue weighted by Crippen LogP contribution is 2.23. The van der Waals surface area contributed by atoms with Gasteiger partial charge in [0.15, 0.2) is 0 Å². The van der Waals surface area contributed by atoms with Crippen molar-refractivity contribution in [3.63, 3.8) is 0 Å². The third-order valence-electron chi connectivity index (χ3n) is 0.645. The van der Waals surface area contributed by atoms with Gasteiger partial charge in [0.05, 0.1) is 0 Å². The van der Waals surface area contributed by atoms with E-state index in [1.807, 2.05) is 0 Å². The molecule has 0 radical (unpaired) electrons. The molecule has 2 atom stereocenters. The van der Waals surface area contributed by atoms with E-state index in [-0.39, 0.29) is 9.90 Å². The Morgan fingerprint density at radius 2 is 2.29 bits per heavy atom. The predicted octanol–water partition coefficient (Wildman–Crippen LogP) is 1.84. The van der Waals surface area contributed by atoms with Crippen LogP contribution in [0.15, 0.2) is 4.99 Å². The van der Waals surface area contributed by atoms with Crippen LogP contribution in [0, 0.1) is 0 Å². The largest absolute Gasteiger partial charge is 0.458 e. The molecule has 4 heteroatoms. The molecule has 0 spiro atoms. The highest BCUT2D eigenvalue weighted by atomic mass is 79.9. The van der Waals surface area contributed by atoms with Gasteiger partial charge >= 0.3 is 0 Å². The lowest BCUT2D eigenvalue weighted by Gasteiger charge is -2.10. The second kappa shape index (κ2) is 2.13. The SMILES string of the molecule is BrC1N=C[N-]C1Br. The second-order valence-electron chi connectivity index (χ2n) is 1.16. The minimum Gasteiger partial charge on any atom is -0.458 e. The molecule has 1 aliphatic heterocycles. The van der Waals surface area contributed by atoms with Crippen LogP contribution in [-0.4, -0.2) is 16.2 Å². The van der Waals surface area contributed by atoms with Crippen molar-refractivity contribution in [2.24, 2.45) is 4.99 Å². The lowest BCUT2D eigenvalue weighted by Crippen LogP contribution is -2.01. The highest BCUT2D eigenvalue weighted by Gasteiger charge is 2.05. The van der Waals surface area contributed by atoms with Gasteiger partial charge in [-0.25, -0.2) is 0 Å². The van der Waals surface area contributed by atoms with E-state index in [1.165, 1.54) is 0 Å². The molecule has 1 rings (SSSR count). The lowest BCUT2D eigenvalue weighted by molar-refractivity contribution is 1.02. The Kier molecular flexibility index (Phi) is 1.69. The average Bonchev–Trinajstić information content (AvgIpc) is 1.91. The van der Waals surface area contributed by atoms with E-state index in [4.69, 9.17) is 0 Å². The molecule has 0 aliphatic carbocycles. The fourth-order valence-corrected chi connectivity index (χ4v) is 0.792. The summed E-state index contributed by atoms with van der Waals surface area (Å²) in [6.07, 6.45) is 1.55. The minimum absolute atomic E-state index is 0.146. The summed E-state index contributed by atoms with van der Waals surface area (Å²) in [5, 5.41) is 3.90. The number of hydrogen-bond donors (Lipinski definition) is 0. The third kappa shape index (κ3) is 1.16. The summed E-state index contributed by atoms with van der Waals surface area (Å²) >= 11 is 6.53. The molecule has 2 nitrogen and oxygen atoms in total. The standard InChI is InChI=1S/C3H3Br2N2/c4-2-3(5)7-1-6-2/h1-3H/q-1. The van der Waals surface area contributed by atoms with Crippen LogP contribution in [0.4, 0.5) is 0 Å². The van der Waals surface area contributed by atoms with Crippen LogP contribution < -0.4 is 0 Å². The van der Waals surface area contributed by atoms with Gasteiger partial charge in [0.2, 0.25) is 0 Å². The Bertz CT molecular complexity index is 92.9. The normalized spacial score (nSPS) is 38.6.